The zero-order valence-electron chi connectivity index (χ0n) is 14.1. The molecular formula is C19H22O4. The summed E-state index contributed by atoms with van der Waals surface area (Å²) in [6, 6.07) is 11.2. The van der Waals surface area contributed by atoms with Crippen molar-refractivity contribution in [3.8, 4) is 22.6 Å². The molecule has 0 bridgehead atoms. The first-order chi connectivity index (χ1) is 10.8. The van der Waals surface area contributed by atoms with Crippen LogP contribution >= 0.6 is 0 Å². The maximum Gasteiger partial charge on any atom is 0.335 e. The van der Waals surface area contributed by atoms with E-state index in [1.165, 1.54) is 31.9 Å². The number of carboxylic acids is 1. The SMILES string of the molecule is COc1cc(C(=O)O)cc(OC)c1-c1ccc(C(C)(C)C)cc1. The monoisotopic (exact) mass is 314 g/mol. The molecule has 2 aromatic carbocycles. The number of ether oxygens (including phenoxy) is 2. The highest BCUT2D eigenvalue weighted by Crippen LogP contribution is 2.40. The smallest absolute Gasteiger partial charge is 0.335 e. The van der Waals surface area contributed by atoms with Crippen LogP contribution in [0.25, 0.3) is 11.1 Å². The predicted molar refractivity (Wildman–Crippen MR) is 90.6 cm³/mol. The number of carbonyl (C=O) groups is 1. The van der Waals surface area contributed by atoms with Gasteiger partial charge >= 0.3 is 5.97 Å². The fraction of sp³-hybridized carbons (Fsp3) is 0.316. The molecule has 0 aliphatic rings. The summed E-state index contributed by atoms with van der Waals surface area (Å²) in [6.07, 6.45) is 0. The summed E-state index contributed by atoms with van der Waals surface area (Å²) in [5, 5.41) is 9.20. The van der Waals surface area contributed by atoms with Gasteiger partial charge in [0.25, 0.3) is 0 Å². The quantitative estimate of drug-likeness (QED) is 0.910. The first-order valence-electron chi connectivity index (χ1n) is 7.38. The van der Waals surface area contributed by atoms with Crippen LogP contribution in [0.2, 0.25) is 0 Å². The van der Waals surface area contributed by atoms with Crippen LogP contribution in [0, 0.1) is 0 Å². The molecule has 2 rings (SSSR count). The summed E-state index contributed by atoms with van der Waals surface area (Å²) < 4.78 is 10.8. The third kappa shape index (κ3) is 3.47. The van der Waals surface area contributed by atoms with Gasteiger partial charge in [0.2, 0.25) is 0 Å². The minimum Gasteiger partial charge on any atom is -0.496 e. The van der Waals surface area contributed by atoms with Gasteiger partial charge in [-0.05, 0) is 28.7 Å². The summed E-state index contributed by atoms with van der Waals surface area (Å²) in [7, 11) is 3.04. The molecule has 0 unspecified atom stereocenters. The van der Waals surface area contributed by atoms with Crippen molar-refractivity contribution in [3.63, 3.8) is 0 Å². The topological polar surface area (TPSA) is 55.8 Å². The van der Waals surface area contributed by atoms with E-state index < -0.39 is 5.97 Å². The van der Waals surface area contributed by atoms with Gasteiger partial charge in [0, 0.05) is 0 Å². The maximum atomic E-state index is 11.2. The van der Waals surface area contributed by atoms with Gasteiger partial charge in [0.05, 0.1) is 25.3 Å². The number of carboxylic acid groups (broad SMARTS) is 1. The molecule has 0 atom stereocenters. The lowest BCUT2D eigenvalue weighted by Crippen LogP contribution is -2.10. The average molecular weight is 314 g/mol. The molecule has 0 heterocycles. The molecule has 1 N–H and O–H groups in total. The van der Waals surface area contributed by atoms with Gasteiger partial charge < -0.3 is 14.6 Å². The molecule has 2 aromatic rings. The lowest BCUT2D eigenvalue weighted by Gasteiger charge is -2.20. The largest absolute Gasteiger partial charge is 0.496 e. The van der Waals surface area contributed by atoms with Gasteiger partial charge in [-0.15, -0.1) is 0 Å². The minimum atomic E-state index is -1.02. The normalized spacial score (nSPS) is 11.2. The van der Waals surface area contributed by atoms with E-state index in [9.17, 15) is 9.90 Å². The van der Waals surface area contributed by atoms with E-state index in [0.717, 1.165) is 11.1 Å². The summed E-state index contributed by atoms with van der Waals surface area (Å²) in [5.74, 6) is -0.0632. The van der Waals surface area contributed by atoms with Crippen LogP contribution in [-0.4, -0.2) is 25.3 Å². The molecule has 0 aromatic heterocycles. The number of hydrogen-bond donors (Lipinski definition) is 1. The average Bonchev–Trinajstić information content (AvgIpc) is 2.52. The first-order valence-corrected chi connectivity index (χ1v) is 7.38. The molecular weight excluding hydrogens is 292 g/mol. The summed E-state index contributed by atoms with van der Waals surface area (Å²) >= 11 is 0. The molecule has 0 radical (unpaired) electrons. The van der Waals surface area contributed by atoms with Gasteiger partial charge in [0.1, 0.15) is 11.5 Å². The van der Waals surface area contributed by atoms with E-state index >= 15 is 0 Å². The van der Waals surface area contributed by atoms with Crippen molar-refractivity contribution in [3.05, 3.63) is 47.5 Å². The van der Waals surface area contributed by atoms with Gasteiger partial charge in [-0.2, -0.15) is 0 Å². The summed E-state index contributed by atoms with van der Waals surface area (Å²) in [4.78, 5) is 11.2. The van der Waals surface area contributed by atoms with E-state index in [1.807, 2.05) is 12.1 Å². The van der Waals surface area contributed by atoms with Crippen LogP contribution in [0.4, 0.5) is 0 Å². The van der Waals surface area contributed by atoms with E-state index in [4.69, 9.17) is 9.47 Å². The van der Waals surface area contributed by atoms with Crippen LogP contribution in [0.5, 0.6) is 11.5 Å². The Bertz CT molecular complexity index is 684. The second kappa shape index (κ2) is 6.32. The molecule has 23 heavy (non-hydrogen) atoms. The van der Waals surface area contributed by atoms with Crippen molar-refractivity contribution in [2.45, 2.75) is 26.2 Å². The van der Waals surface area contributed by atoms with Crippen molar-refractivity contribution < 1.29 is 19.4 Å². The van der Waals surface area contributed by atoms with E-state index in [1.54, 1.807) is 0 Å². The highest BCUT2D eigenvalue weighted by atomic mass is 16.5. The van der Waals surface area contributed by atoms with Crippen molar-refractivity contribution in [1.29, 1.82) is 0 Å². The molecule has 0 saturated heterocycles. The Labute approximate surface area is 136 Å². The zero-order valence-corrected chi connectivity index (χ0v) is 14.1. The Hall–Kier alpha value is -2.49. The lowest BCUT2D eigenvalue weighted by molar-refractivity contribution is 0.0696. The van der Waals surface area contributed by atoms with Gasteiger partial charge in [-0.3, -0.25) is 0 Å². The van der Waals surface area contributed by atoms with Gasteiger partial charge in [-0.25, -0.2) is 4.79 Å². The van der Waals surface area contributed by atoms with Crippen molar-refractivity contribution >= 4 is 5.97 Å². The summed E-state index contributed by atoms with van der Waals surface area (Å²) in [5.41, 5.74) is 3.10. The third-order valence-corrected chi connectivity index (χ3v) is 3.79. The molecule has 0 fully saturated rings. The molecule has 122 valence electrons. The Morgan fingerprint density at radius 1 is 0.957 bits per heavy atom. The number of benzene rings is 2. The number of hydrogen-bond acceptors (Lipinski definition) is 3. The summed E-state index contributed by atoms with van der Waals surface area (Å²) in [6.45, 7) is 6.47. The van der Waals surface area contributed by atoms with Crippen LogP contribution < -0.4 is 9.47 Å². The number of methoxy groups -OCH3 is 2. The van der Waals surface area contributed by atoms with Crippen LogP contribution in [0.1, 0.15) is 36.7 Å². The van der Waals surface area contributed by atoms with Crippen molar-refractivity contribution in [1.82, 2.24) is 0 Å². The van der Waals surface area contributed by atoms with Crippen molar-refractivity contribution in [2.75, 3.05) is 14.2 Å². The Kier molecular flexibility index (Phi) is 4.64. The second-order valence-corrected chi connectivity index (χ2v) is 6.39. The van der Waals surface area contributed by atoms with Crippen molar-refractivity contribution in [2.24, 2.45) is 0 Å². The molecule has 4 heteroatoms. The molecule has 0 aliphatic heterocycles. The second-order valence-electron chi connectivity index (χ2n) is 6.39. The zero-order chi connectivity index (χ0) is 17.2. The lowest BCUT2D eigenvalue weighted by atomic mass is 9.86. The fourth-order valence-electron chi connectivity index (χ4n) is 2.46. The minimum absolute atomic E-state index is 0.0693. The standard InChI is InChI=1S/C19H22O4/c1-19(2,3)14-8-6-12(7-9-14)17-15(22-4)10-13(18(20)21)11-16(17)23-5/h6-11H,1-5H3,(H,20,21). The molecule has 4 nitrogen and oxygen atoms in total. The predicted octanol–water partition coefficient (Wildman–Crippen LogP) is 4.37. The first kappa shape index (κ1) is 16.9. The molecule has 0 saturated carbocycles. The Balaban J connectivity index is 2.60. The van der Waals surface area contributed by atoms with Gasteiger partial charge in [0.15, 0.2) is 0 Å². The highest BCUT2D eigenvalue weighted by molar-refractivity contribution is 5.91. The molecule has 0 amide bonds. The molecule has 0 aliphatic carbocycles. The fourth-order valence-corrected chi connectivity index (χ4v) is 2.46. The van der Waals surface area contributed by atoms with Crippen LogP contribution in [-0.2, 0) is 5.41 Å². The van der Waals surface area contributed by atoms with Gasteiger partial charge in [-0.1, -0.05) is 45.0 Å². The van der Waals surface area contributed by atoms with E-state index in [-0.39, 0.29) is 11.0 Å². The third-order valence-electron chi connectivity index (χ3n) is 3.79. The van der Waals surface area contributed by atoms with E-state index in [0.29, 0.717) is 11.5 Å². The van der Waals surface area contributed by atoms with Crippen LogP contribution in [0.15, 0.2) is 36.4 Å². The number of rotatable bonds is 4. The highest BCUT2D eigenvalue weighted by Gasteiger charge is 2.19. The number of aromatic carboxylic acids is 1. The van der Waals surface area contributed by atoms with Crippen LogP contribution in [0.3, 0.4) is 0 Å². The Morgan fingerprint density at radius 2 is 1.43 bits per heavy atom. The Morgan fingerprint density at radius 3 is 1.78 bits per heavy atom. The molecule has 0 spiro atoms. The van der Waals surface area contributed by atoms with E-state index in [2.05, 4.69) is 32.9 Å². The maximum absolute atomic E-state index is 11.2.